The fourth-order valence-electron chi connectivity index (χ4n) is 2.94. The fourth-order valence-corrected chi connectivity index (χ4v) is 2.94. The van der Waals surface area contributed by atoms with Gasteiger partial charge in [0.25, 0.3) is 0 Å². The quantitative estimate of drug-likeness (QED) is 0.736. The molecule has 5 nitrogen and oxygen atoms in total. The Morgan fingerprint density at radius 3 is 2.75 bits per heavy atom. The molecule has 0 saturated carbocycles. The molecule has 118 valence electrons. The lowest BCUT2D eigenvalue weighted by Crippen LogP contribution is -2.49. The number of hydrogen-bond acceptors (Lipinski definition) is 5. The van der Waals surface area contributed by atoms with Gasteiger partial charge in [0.15, 0.2) is 0 Å². The van der Waals surface area contributed by atoms with Gasteiger partial charge in [-0.25, -0.2) is 0 Å². The van der Waals surface area contributed by atoms with Crippen LogP contribution < -0.4 is 5.32 Å². The molecule has 20 heavy (non-hydrogen) atoms. The van der Waals surface area contributed by atoms with Crippen molar-refractivity contribution in [1.29, 1.82) is 0 Å². The molecule has 1 aliphatic heterocycles. The number of ether oxygens (including phenoxy) is 1. The van der Waals surface area contributed by atoms with Crippen molar-refractivity contribution in [3.63, 3.8) is 0 Å². The van der Waals surface area contributed by atoms with E-state index in [1.807, 2.05) is 14.0 Å². The van der Waals surface area contributed by atoms with Gasteiger partial charge in [-0.05, 0) is 66.8 Å². The number of nitrogens with one attached hydrogen (secondary N) is 1. The molecular formula is C15H31N3O2. The molecule has 0 aromatic heterocycles. The summed E-state index contributed by atoms with van der Waals surface area (Å²) >= 11 is 0. The smallest absolute Gasteiger partial charge is 0.325 e. The van der Waals surface area contributed by atoms with Crippen LogP contribution >= 0.6 is 0 Å². The predicted octanol–water partition coefficient (Wildman–Crippen LogP) is 0.944. The minimum absolute atomic E-state index is 0.177. The normalized spacial score (nSPS) is 24.9. The predicted molar refractivity (Wildman–Crippen MR) is 81.9 cm³/mol. The maximum atomic E-state index is 11.8. The molecule has 0 bridgehead atoms. The van der Waals surface area contributed by atoms with Gasteiger partial charge in [0.2, 0.25) is 0 Å². The van der Waals surface area contributed by atoms with Crippen LogP contribution in [0.2, 0.25) is 0 Å². The molecule has 0 aromatic rings. The minimum Gasteiger partial charge on any atom is -0.468 e. The first kappa shape index (κ1) is 17.4. The van der Waals surface area contributed by atoms with Gasteiger partial charge in [0.05, 0.1) is 7.11 Å². The summed E-state index contributed by atoms with van der Waals surface area (Å²) in [7, 11) is 5.46. The van der Waals surface area contributed by atoms with Crippen molar-refractivity contribution in [3.8, 4) is 0 Å². The summed E-state index contributed by atoms with van der Waals surface area (Å²) in [4.78, 5) is 16.7. The zero-order valence-corrected chi connectivity index (χ0v) is 13.7. The van der Waals surface area contributed by atoms with Crippen LogP contribution in [0.3, 0.4) is 0 Å². The molecular weight excluding hydrogens is 254 g/mol. The molecule has 1 heterocycles. The third-order valence-electron chi connectivity index (χ3n) is 4.49. The van der Waals surface area contributed by atoms with Crippen LogP contribution in [-0.4, -0.2) is 74.7 Å². The zero-order valence-electron chi connectivity index (χ0n) is 13.7. The SMILES string of the molecule is CNC(C)(CCCN1CCCN(C)CC1C)C(=O)OC. The van der Waals surface area contributed by atoms with Crippen LogP contribution in [0.25, 0.3) is 0 Å². The number of carbonyl (C=O) groups is 1. The number of methoxy groups -OCH3 is 1. The van der Waals surface area contributed by atoms with E-state index in [1.165, 1.54) is 20.1 Å². The third kappa shape index (κ3) is 4.72. The Morgan fingerprint density at radius 1 is 1.45 bits per heavy atom. The Balaban J connectivity index is 2.44. The molecule has 1 N–H and O–H groups in total. The van der Waals surface area contributed by atoms with Crippen molar-refractivity contribution in [2.24, 2.45) is 0 Å². The van der Waals surface area contributed by atoms with Crippen LogP contribution in [0.15, 0.2) is 0 Å². The fraction of sp³-hybridized carbons (Fsp3) is 0.933. The van der Waals surface area contributed by atoms with E-state index in [0.29, 0.717) is 6.04 Å². The summed E-state index contributed by atoms with van der Waals surface area (Å²) < 4.78 is 4.88. The van der Waals surface area contributed by atoms with Crippen LogP contribution in [-0.2, 0) is 9.53 Å². The van der Waals surface area contributed by atoms with E-state index in [9.17, 15) is 4.79 Å². The van der Waals surface area contributed by atoms with Gasteiger partial charge in [0.1, 0.15) is 5.54 Å². The van der Waals surface area contributed by atoms with Gasteiger partial charge in [-0.3, -0.25) is 9.69 Å². The van der Waals surface area contributed by atoms with Gasteiger partial charge < -0.3 is 15.0 Å². The number of esters is 1. The Morgan fingerprint density at radius 2 is 2.15 bits per heavy atom. The Hall–Kier alpha value is -0.650. The lowest BCUT2D eigenvalue weighted by molar-refractivity contribution is -0.148. The number of rotatable bonds is 6. The number of nitrogens with zero attached hydrogens (tertiary/aromatic N) is 2. The second-order valence-corrected chi connectivity index (χ2v) is 6.18. The second kappa shape index (κ2) is 7.96. The van der Waals surface area contributed by atoms with Gasteiger partial charge >= 0.3 is 5.97 Å². The largest absolute Gasteiger partial charge is 0.468 e. The molecule has 1 rings (SSSR count). The molecule has 2 atom stereocenters. The Kier molecular flexibility index (Phi) is 6.92. The highest BCUT2D eigenvalue weighted by atomic mass is 16.5. The summed E-state index contributed by atoms with van der Waals surface area (Å²) in [5, 5.41) is 3.10. The zero-order chi connectivity index (χ0) is 15.2. The van der Waals surface area contributed by atoms with E-state index in [0.717, 1.165) is 32.5 Å². The van der Waals surface area contributed by atoms with Crippen LogP contribution in [0, 0.1) is 0 Å². The van der Waals surface area contributed by atoms with E-state index in [4.69, 9.17) is 4.74 Å². The molecule has 0 aliphatic carbocycles. The van der Waals surface area contributed by atoms with Gasteiger partial charge in [-0.2, -0.15) is 0 Å². The topological polar surface area (TPSA) is 44.8 Å². The summed E-state index contributed by atoms with van der Waals surface area (Å²) in [6.45, 7) is 8.71. The number of hydrogen-bond donors (Lipinski definition) is 1. The first-order chi connectivity index (χ1) is 9.42. The van der Waals surface area contributed by atoms with Crippen molar-refractivity contribution in [2.75, 3.05) is 47.4 Å². The number of carbonyl (C=O) groups excluding carboxylic acids is 1. The highest BCUT2D eigenvalue weighted by Gasteiger charge is 2.32. The lowest BCUT2D eigenvalue weighted by atomic mass is 9.96. The summed E-state index contributed by atoms with van der Waals surface area (Å²) in [5.74, 6) is -0.177. The molecule has 0 spiro atoms. The van der Waals surface area contributed by atoms with Gasteiger partial charge in [-0.1, -0.05) is 0 Å². The maximum absolute atomic E-state index is 11.8. The number of likely N-dealkylation sites (N-methyl/N-ethyl adjacent to an activating group) is 2. The van der Waals surface area contributed by atoms with Crippen molar-refractivity contribution in [1.82, 2.24) is 15.1 Å². The molecule has 1 fully saturated rings. The van der Waals surface area contributed by atoms with Crippen molar-refractivity contribution >= 4 is 5.97 Å². The van der Waals surface area contributed by atoms with Crippen molar-refractivity contribution < 1.29 is 9.53 Å². The van der Waals surface area contributed by atoms with Crippen LogP contribution in [0.4, 0.5) is 0 Å². The van der Waals surface area contributed by atoms with Gasteiger partial charge in [-0.15, -0.1) is 0 Å². The third-order valence-corrected chi connectivity index (χ3v) is 4.49. The maximum Gasteiger partial charge on any atom is 0.325 e. The monoisotopic (exact) mass is 285 g/mol. The van der Waals surface area contributed by atoms with E-state index >= 15 is 0 Å². The first-order valence-electron chi connectivity index (χ1n) is 7.63. The first-order valence-corrected chi connectivity index (χ1v) is 7.63. The van der Waals surface area contributed by atoms with Crippen LogP contribution in [0.5, 0.6) is 0 Å². The Bertz CT molecular complexity index is 311. The molecule has 1 saturated heterocycles. The summed E-state index contributed by atoms with van der Waals surface area (Å²) in [6.07, 6.45) is 3.02. The molecule has 5 heteroatoms. The van der Waals surface area contributed by atoms with Crippen LogP contribution in [0.1, 0.15) is 33.1 Å². The Labute approximate surface area is 123 Å². The molecule has 0 aromatic carbocycles. The summed E-state index contributed by atoms with van der Waals surface area (Å²) in [6, 6.07) is 0.585. The highest BCUT2D eigenvalue weighted by Crippen LogP contribution is 2.16. The average molecular weight is 285 g/mol. The van der Waals surface area contributed by atoms with E-state index in [1.54, 1.807) is 0 Å². The molecule has 0 amide bonds. The van der Waals surface area contributed by atoms with E-state index < -0.39 is 5.54 Å². The van der Waals surface area contributed by atoms with E-state index in [-0.39, 0.29) is 5.97 Å². The average Bonchev–Trinajstić information content (AvgIpc) is 2.59. The van der Waals surface area contributed by atoms with Gasteiger partial charge in [0, 0.05) is 12.6 Å². The molecule has 0 radical (unpaired) electrons. The lowest BCUT2D eigenvalue weighted by Gasteiger charge is -2.30. The molecule has 1 aliphatic rings. The highest BCUT2D eigenvalue weighted by molar-refractivity contribution is 5.80. The van der Waals surface area contributed by atoms with E-state index in [2.05, 4.69) is 29.1 Å². The minimum atomic E-state index is -0.569. The second-order valence-electron chi connectivity index (χ2n) is 6.18. The standard InChI is InChI=1S/C15H31N3O2/c1-13-12-17(4)9-7-11-18(13)10-6-8-15(2,16-3)14(19)20-5/h13,16H,6-12H2,1-5H3. The van der Waals surface area contributed by atoms with Crippen molar-refractivity contribution in [2.45, 2.75) is 44.7 Å². The molecule has 2 unspecified atom stereocenters. The van der Waals surface area contributed by atoms with Crippen molar-refractivity contribution in [3.05, 3.63) is 0 Å². The summed E-state index contributed by atoms with van der Waals surface area (Å²) in [5.41, 5.74) is -0.569.